The lowest BCUT2D eigenvalue weighted by Gasteiger charge is -2.26. The first-order valence-corrected chi connectivity index (χ1v) is 10.3. The molecule has 3 heterocycles. The molecule has 0 bridgehead atoms. The average Bonchev–Trinajstić information content (AvgIpc) is 3.27. The molecule has 2 aromatic heterocycles. The van der Waals surface area contributed by atoms with Crippen LogP contribution in [-0.4, -0.2) is 38.6 Å². The van der Waals surface area contributed by atoms with E-state index in [1.165, 1.54) is 10.5 Å². The fraction of sp³-hybridized carbons (Fsp3) is 0.368. The van der Waals surface area contributed by atoms with Gasteiger partial charge in [0.15, 0.2) is 12.5 Å². The van der Waals surface area contributed by atoms with E-state index in [0.29, 0.717) is 13.2 Å². The molecule has 0 aliphatic carbocycles. The molecule has 2 atom stereocenters. The maximum atomic E-state index is 9.95. The van der Waals surface area contributed by atoms with Crippen LogP contribution in [-0.2, 0) is 13.2 Å². The molecule has 1 unspecified atom stereocenters. The van der Waals surface area contributed by atoms with Gasteiger partial charge in [-0.3, -0.25) is 4.57 Å². The summed E-state index contributed by atoms with van der Waals surface area (Å²) in [6.45, 7) is 3.24. The van der Waals surface area contributed by atoms with E-state index in [-0.39, 0.29) is 6.10 Å². The number of aliphatic hydroxyl groups excluding tert-OH is 1. The van der Waals surface area contributed by atoms with Crippen LogP contribution in [0.15, 0.2) is 47.8 Å². The third-order valence-electron chi connectivity index (χ3n) is 4.81. The molecule has 0 spiro atoms. The molecule has 1 fully saturated rings. The molecular weight excluding hydrogens is 364 g/mol. The highest BCUT2D eigenvalue weighted by molar-refractivity contribution is 7.71. The Bertz CT molecular complexity index is 902. The fourth-order valence-electron chi connectivity index (χ4n) is 3.52. The summed E-state index contributed by atoms with van der Waals surface area (Å²) in [6, 6.07) is 14.5. The molecule has 26 heavy (non-hydrogen) atoms. The Morgan fingerprint density at radius 1 is 1.23 bits per heavy atom. The SMILES string of the molecule is O[C@H]1CCC[NH+](Cn2nc(-c3cccs3)n(Cc3ccccc3)c2=S)C1. The van der Waals surface area contributed by atoms with E-state index in [1.807, 2.05) is 28.9 Å². The molecular formula is C19H23N4OS2+. The Labute approximate surface area is 162 Å². The lowest BCUT2D eigenvalue weighted by atomic mass is 10.1. The van der Waals surface area contributed by atoms with Crippen molar-refractivity contribution in [2.24, 2.45) is 0 Å². The highest BCUT2D eigenvalue weighted by Gasteiger charge is 2.23. The third kappa shape index (κ3) is 3.81. The zero-order valence-electron chi connectivity index (χ0n) is 14.5. The molecule has 1 saturated heterocycles. The molecule has 0 radical (unpaired) electrons. The Morgan fingerprint density at radius 2 is 2.08 bits per heavy atom. The summed E-state index contributed by atoms with van der Waals surface area (Å²) in [4.78, 5) is 2.46. The summed E-state index contributed by atoms with van der Waals surface area (Å²) in [5.74, 6) is 0.922. The largest absolute Gasteiger partial charge is 0.387 e. The quantitative estimate of drug-likeness (QED) is 0.660. The summed E-state index contributed by atoms with van der Waals surface area (Å²) in [6.07, 6.45) is 1.74. The van der Waals surface area contributed by atoms with Gasteiger partial charge in [0, 0.05) is 0 Å². The van der Waals surface area contributed by atoms with Gasteiger partial charge in [-0.2, -0.15) is 4.68 Å². The Hall–Kier alpha value is -1.80. The molecule has 0 saturated carbocycles. The first kappa shape index (κ1) is 17.6. The number of thiophene rings is 1. The van der Waals surface area contributed by atoms with Crippen LogP contribution in [0.3, 0.4) is 0 Å². The molecule has 7 heteroatoms. The van der Waals surface area contributed by atoms with Crippen molar-refractivity contribution in [3.8, 4) is 10.7 Å². The van der Waals surface area contributed by atoms with Crippen LogP contribution < -0.4 is 4.90 Å². The van der Waals surface area contributed by atoms with E-state index in [4.69, 9.17) is 17.3 Å². The van der Waals surface area contributed by atoms with Crippen molar-refractivity contribution in [2.45, 2.75) is 32.2 Å². The molecule has 1 aliphatic rings. The number of quaternary nitrogens is 1. The van der Waals surface area contributed by atoms with Gasteiger partial charge in [0.25, 0.3) is 0 Å². The molecule has 0 amide bonds. The second-order valence-electron chi connectivity index (χ2n) is 6.81. The number of nitrogens with zero attached hydrogens (tertiary/aromatic N) is 3. The third-order valence-corrected chi connectivity index (χ3v) is 6.11. The minimum atomic E-state index is -0.212. The van der Waals surface area contributed by atoms with Crippen molar-refractivity contribution in [2.75, 3.05) is 13.1 Å². The van der Waals surface area contributed by atoms with Crippen LogP contribution in [0.5, 0.6) is 0 Å². The summed E-state index contributed by atoms with van der Waals surface area (Å²) >= 11 is 7.46. The van der Waals surface area contributed by atoms with Gasteiger partial charge < -0.3 is 10.0 Å². The van der Waals surface area contributed by atoms with Crippen molar-refractivity contribution < 1.29 is 10.0 Å². The summed E-state index contributed by atoms with van der Waals surface area (Å²) in [7, 11) is 0. The summed E-state index contributed by atoms with van der Waals surface area (Å²) < 4.78 is 4.79. The van der Waals surface area contributed by atoms with E-state index >= 15 is 0 Å². The standard InChI is InChI=1S/C19H22N4OS2/c24-16-8-4-10-21(13-16)14-23-19(25)22(12-15-6-2-1-3-7-15)18(20-23)17-9-5-11-26-17/h1-3,5-7,9,11,16,24H,4,8,10,12-14H2/p+1/t16-/m0/s1. The number of benzene rings is 1. The Morgan fingerprint density at radius 3 is 2.81 bits per heavy atom. The maximum absolute atomic E-state index is 9.95. The Kier molecular flexibility index (Phi) is 5.31. The second kappa shape index (κ2) is 7.84. The van der Waals surface area contributed by atoms with E-state index in [0.717, 1.165) is 41.4 Å². The highest BCUT2D eigenvalue weighted by Crippen LogP contribution is 2.24. The van der Waals surface area contributed by atoms with Crippen LogP contribution in [0, 0.1) is 4.77 Å². The van der Waals surface area contributed by atoms with Gasteiger partial charge in [-0.15, -0.1) is 16.4 Å². The van der Waals surface area contributed by atoms with Gasteiger partial charge in [-0.1, -0.05) is 36.4 Å². The summed E-state index contributed by atoms with van der Waals surface area (Å²) in [5, 5.41) is 16.9. The molecule has 5 nitrogen and oxygen atoms in total. The zero-order chi connectivity index (χ0) is 17.9. The number of piperidine rings is 1. The minimum absolute atomic E-state index is 0.212. The van der Waals surface area contributed by atoms with E-state index in [2.05, 4.69) is 28.1 Å². The van der Waals surface area contributed by atoms with Crippen LogP contribution in [0.2, 0.25) is 0 Å². The van der Waals surface area contributed by atoms with Gasteiger partial charge in [0.05, 0.1) is 18.0 Å². The monoisotopic (exact) mass is 387 g/mol. The summed E-state index contributed by atoms with van der Waals surface area (Å²) in [5.41, 5.74) is 1.21. The van der Waals surface area contributed by atoms with Crippen molar-refractivity contribution in [3.05, 3.63) is 58.2 Å². The molecule has 1 aromatic carbocycles. The van der Waals surface area contributed by atoms with E-state index in [9.17, 15) is 5.11 Å². The van der Waals surface area contributed by atoms with Crippen molar-refractivity contribution in [1.82, 2.24) is 14.3 Å². The van der Waals surface area contributed by atoms with Gasteiger partial charge in [-0.25, -0.2) is 0 Å². The molecule has 4 rings (SSSR count). The first-order valence-electron chi connectivity index (χ1n) is 8.98. The van der Waals surface area contributed by atoms with Crippen LogP contribution in [0.1, 0.15) is 18.4 Å². The highest BCUT2D eigenvalue weighted by atomic mass is 32.1. The number of nitrogens with one attached hydrogen (secondary N) is 1. The van der Waals surface area contributed by atoms with Crippen molar-refractivity contribution in [3.63, 3.8) is 0 Å². The zero-order valence-corrected chi connectivity index (χ0v) is 16.2. The fourth-order valence-corrected chi connectivity index (χ4v) is 4.49. The van der Waals surface area contributed by atoms with Gasteiger partial charge in [0.2, 0.25) is 4.77 Å². The van der Waals surface area contributed by atoms with Gasteiger partial charge in [0.1, 0.15) is 12.6 Å². The smallest absolute Gasteiger partial charge is 0.203 e. The van der Waals surface area contributed by atoms with Crippen LogP contribution in [0.25, 0.3) is 10.7 Å². The molecule has 2 N–H and O–H groups in total. The number of aromatic nitrogens is 3. The normalized spacial score (nSPS) is 20.3. The maximum Gasteiger partial charge on any atom is 0.203 e. The first-order chi connectivity index (χ1) is 12.7. The van der Waals surface area contributed by atoms with Gasteiger partial charge >= 0.3 is 0 Å². The minimum Gasteiger partial charge on any atom is -0.387 e. The number of rotatable bonds is 5. The number of likely N-dealkylation sites (tertiary alicyclic amines) is 1. The number of hydrogen-bond donors (Lipinski definition) is 2. The van der Waals surface area contributed by atoms with Gasteiger partial charge in [-0.05, 0) is 42.1 Å². The predicted molar refractivity (Wildman–Crippen MR) is 106 cm³/mol. The van der Waals surface area contributed by atoms with Crippen LogP contribution >= 0.6 is 23.6 Å². The topological polar surface area (TPSA) is 47.4 Å². The Balaban J connectivity index is 1.67. The molecule has 3 aromatic rings. The predicted octanol–water partition coefficient (Wildman–Crippen LogP) is 2.19. The lowest BCUT2D eigenvalue weighted by molar-refractivity contribution is -0.931. The number of aliphatic hydroxyl groups is 1. The van der Waals surface area contributed by atoms with Crippen molar-refractivity contribution >= 4 is 23.6 Å². The van der Waals surface area contributed by atoms with Crippen LogP contribution in [0.4, 0.5) is 0 Å². The van der Waals surface area contributed by atoms with E-state index in [1.54, 1.807) is 11.3 Å². The molecule has 1 aliphatic heterocycles. The second-order valence-corrected chi connectivity index (χ2v) is 8.13. The molecule has 136 valence electrons. The number of hydrogen-bond acceptors (Lipinski definition) is 4. The lowest BCUT2D eigenvalue weighted by Crippen LogP contribution is -3.13. The average molecular weight is 388 g/mol. The van der Waals surface area contributed by atoms with Crippen molar-refractivity contribution in [1.29, 1.82) is 0 Å². The van der Waals surface area contributed by atoms with E-state index < -0.39 is 0 Å².